The van der Waals surface area contributed by atoms with Crippen LogP contribution in [-0.4, -0.2) is 9.38 Å². The third kappa shape index (κ3) is 1.29. The lowest BCUT2D eigenvalue weighted by atomic mass is 10.0. The van der Waals surface area contributed by atoms with Crippen LogP contribution in [0.1, 0.15) is 0 Å². The maximum Gasteiger partial charge on any atom is 0.0784 e. The van der Waals surface area contributed by atoms with Crippen LogP contribution >= 0.6 is 0 Å². The first-order valence-corrected chi connectivity index (χ1v) is 8.98. The molecule has 0 unspecified atom stereocenters. The average Bonchev–Trinajstić information content (AvgIpc) is 3.33. The highest BCUT2D eigenvalue weighted by atomic mass is 14.9. The largest absolute Gasteiger partial charge is 0.353 e. The van der Waals surface area contributed by atoms with Gasteiger partial charge in [0, 0.05) is 27.1 Å². The molecular weight excluding hydrogens is 316 g/mol. The van der Waals surface area contributed by atoms with E-state index in [1.54, 1.807) is 0 Å². The molecule has 0 bridgehead atoms. The average molecular weight is 330 g/mol. The second-order valence-electron chi connectivity index (χ2n) is 7.11. The van der Waals surface area contributed by atoms with Gasteiger partial charge in [0.1, 0.15) is 0 Å². The van der Waals surface area contributed by atoms with Crippen LogP contribution in [0, 0.1) is 0 Å². The molecule has 0 aliphatic heterocycles. The fraction of sp³-hybridized carbons (Fsp3) is 0. The second kappa shape index (κ2) is 4.17. The van der Waals surface area contributed by atoms with Crippen LogP contribution in [0.4, 0.5) is 0 Å². The van der Waals surface area contributed by atoms with E-state index in [4.69, 9.17) is 0 Å². The Labute approximate surface area is 148 Å². The van der Waals surface area contributed by atoms with Gasteiger partial charge in [-0.05, 0) is 29.0 Å². The van der Waals surface area contributed by atoms with Gasteiger partial charge < -0.3 is 9.38 Å². The Hall–Kier alpha value is -3.52. The van der Waals surface area contributed by atoms with Crippen LogP contribution in [0.15, 0.2) is 78.9 Å². The van der Waals surface area contributed by atoms with E-state index in [9.17, 15) is 0 Å². The number of aromatic amines is 1. The molecule has 0 fully saturated rings. The van der Waals surface area contributed by atoms with Gasteiger partial charge in [-0.1, -0.05) is 60.7 Å². The van der Waals surface area contributed by atoms with E-state index in [-0.39, 0.29) is 0 Å². The maximum absolute atomic E-state index is 3.73. The van der Waals surface area contributed by atoms with Gasteiger partial charge in [-0.25, -0.2) is 0 Å². The van der Waals surface area contributed by atoms with Crippen LogP contribution in [0.3, 0.4) is 0 Å². The number of rotatable bonds is 0. The first kappa shape index (κ1) is 12.8. The SMILES string of the molecule is c1ccc2c(c1)ccc1[nH]c3c(c12)c1cccc2c4ccccc4c3n21. The molecule has 0 saturated heterocycles. The minimum atomic E-state index is 1.21. The third-order valence-corrected chi connectivity index (χ3v) is 5.85. The van der Waals surface area contributed by atoms with E-state index in [1.165, 1.54) is 59.9 Å². The lowest BCUT2D eigenvalue weighted by molar-refractivity contribution is 1.36. The Morgan fingerprint density at radius 3 is 2.27 bits per heavy atom. The number of benzene rings is 3. The molecule has 2 nitrogen and oxygen atoms in total. The Morgan fingerprint density at radius 1 is 0.577 bits per heavy atom. The van der Waals surface area contributed by atoms with E-state index in [1.807, 2.05) is 0 Å². The Morgan fingerprint density at radius 2 is 1.35 bits per heavy atom. The minimum absolute atomic E-state index is 1.21. The van der Waals surface area contributed by atoms with Gasteiger partial charge >= 0.3 is 0 Å². The van der Waals surface area contributed by atoms with Crippen LogP contribution in [-0.2, 0) is 0 Å². The number of nitrogens with one attached hydrogen (secondary N) is 1. The topological polar surface area (TPSA) is 20.2 Å². The van der Waals surface area contributed by atoms with Crippen molar-refractivity contribution in [3.63, 3.8) is 0 Å². The molecule has 0 aliphatic rings. The van der Waals surface area contributed by atoms with Crippen molar-refractivity contribution in [1.29, 1.82) is 0 Å². The van der Waals surface area contributed by atoms with E-state index >= 15 is 0 Å². The molecule has 7 aromatic rings. The zero-order chi connectivity index (χ0) is 16.8. The van der Waals surface area contributed by atoms with Crippen molar-refractivity contribution in [2.45, 2.75) is 0 Å². The molecule has 0 amide bonds. The fourth-order valence-electron chi connectivity index (χ4n) is 4.84. The number of hydrogen-bond acceptors (Lipinski definition) is 0. The number of H-pyrrole nitrogens is 1. The quantitative estimate of drug-likeness (QED) is 0.329. The van der Waals surface area contributed by atoms with Gasteiger partial charge in [-0.15, -0.1) is 0 Å². The molecule has 4 heterocycles. The van der Waals surface area contributed by atoms with Crippen LogP contribution in [0.5, 0.6) is 0 Å². The molecule has 0 spiro atoms. The van der Waals surface area contributed by atoms with Gasteiger partial charge in [0.15, 0.2) is 0 Å². The normalized spacial score (nSPS) is 12.6. The fourth-order valence-corrected chi connectivity index (χ4v) is 4.84. The Bertz CT molecular complexity index is 1630. The first-order chi connectivity index (χ1) is 12.9. The molecule has 3 aromatic carbocycles. The van der Waals surface area contributed by atoms with Gasteiger partial charge in [-0.2, -0.15) is 0 Å². The van der Waals surface area contributed by atoms with Crippen molar-refractivity contribution < 1.29 is 0 Å². The Balaban J connectivity index is 1.91. The van der Waals surface area contributed by atoms with Crippen molar-refractivity contribution in [2.75, 3.05) is 0 Å². The van der Waals surface area contributed by atoms with E-state index in [0.29, 0.717) is 0 Å². The van der Waals surface area contributed by atoms with Gasteiger partial charge in [0.2, 0.25) is 0 Å². The number of hydrogen-bond donors (Lipinski definition) is 1. The first-order valence-electron chi connectivity index (χ1n) is 8.98. The second-order valence-corrected chi connectivity index (χ2v) is 7.11. The van der Waals surface area contributed by atoms with Gasteiger partial charge in [0.25, 0.3) is 0 Å². The summed E-state index contributed by atoms with van der Waals surface area (Å²) in [4.78, 5) is 3.73. The highest BCUT2D eigenvalue weighted by Crippen LogP contribution is 2.43. The Kier molecular flexibility index (Phi) is 2.05. The smallest absolute Gasteiger partial charge is 0.0784 e. The highest BCUT2D eigenvalue weighted by Gasteiger charge is 2.20. The number of pyridine rings is 1. The lowest BCUT2D eigenvalue weighted by Crippen LogP contribution is -1.82. The highest BCUT2D eigenvalue weighted by molar-refractivity contribution is 6.32. The van der Waals surface area contributed by atoms with E-state index in [0.717, 1.165) is 0 Å². The van der Waals surface area contributed by atoms with Crippen molar-refractivity contribution in [1.82, 2.24) is 9.38 Å². The zero-order valence-corrected chi connectivity index (χ0v) is 14.0. The molecule has 0 atom stereocenters. The minimum Gasteiger partial charge on any atom is -0.353 e. The summed E-state index contributed by atoms with van der Waals surface area (Å²) in [7, 11) is 0. The standard InChI is InChI=1S/C24H14N2/c1-2-7-15-14(6-1)12-13-18-21(15)22-20-11-5-10-19-16-8-3-4-9-17(16)24(26(19)20)23(22)25-18/h1-13,25H. The molecule has 0 saturated carbocycles. The third-order valence-electron chi connectivity index (χ3n) is 5.85. The van der Waals surface area contributed by atoms with Crippen LogP contribution in [0.25, 0.3) is 59.9 Å². The molecule has 120 valence electrons. The molecule has 4 aromatic heterocycles. The number of nitrogens with zero attached hydrogens (tertiary/aromatic N) is 1. The predicted octanol–water partition coefficient (Wildman–Crippen LogP) is 6.47. The summed E-state index contributed by atoms with van der Waals surface area (Å²) in [5.74, 6) is 0. The van der Waals surface area contributed by atoms with E-state index < -0.39 is 0 Å². The van der Waals surface area contributed by atoms with Gasteiger partial charge in [0.05, 0.1) is 22.1 Å². The summed E-state index contributed by atoms with van der Waals surface area (Å²) in [5, 5.41) is 7.90. The molecule has 0 aliphatic carbocycles. The molecular formula is C24H14N2. The predicted molar refractivity (Wildman–Crippen MR) is 110 cm³/mol. The summed E-state index contributed by atoms with van der Waals surface area (Å²) in [5.41, 5.74) is 6.31. The molecule has 7 rings (SSSR count). The van der Waals surface area contributed by atoms with Crippen LogP contribution < -0.4 is 0 Å². The number of aromatic nitrogens is 2. The maximum atomic E-state index is 3.73. The van der Waals surface area contributed by atoms with Crippen molar-refractivity contribution in [3.8, 4) is 0 Å². The summed E-state index contributed by atoms with van der Waals surface area (Å²) >= 11 is 0. The van der Waals surface area contributed by atoms with Crippen molar-refractivity contribution in [2.24, 2.45) is 0 Å². The molecule has 1 N–H and O–H groups in total. The zero-order valence-electron chi connectivity index (χ0n) is 14.0. The summed E-state index contributed by atoms with van der Waals surface area (Å²) < 4.78 is 2.42. The monoisotopic (exact) mass is 330 g/mol. The molecule has 0 radical (unpaired) electrons. The summed E-state index contributed by atoms with van der Waals surface area (Å²) in [6.45, 7) is 0. The molecule has 2 heteroatoms. The lowest BCUT2D eigenvalue weighted by Gasteiger charge is -2.01. The van der Waals surface area contributed by atoms with Crippen molar-refractivity contribution in [3.05, 3.63) is 78.9 Å². The van der Waals surface area contributed by atoms with Crippen LogP contribution in [0.2, 0.25) is 0 Å². The summed E-state index contributed by atoms with van der Waals surface area (Å²) in [6.07, 6.45) is 0. The van der Waals surface area contributed by atoms with E-state index in [2.05, 4.69) is 88.2 Å². The van der Waals surface area contributed by atoms with Crippen molar-refractivity contribution >= 4 is 59.9 Å². The van der Waals surface area contributed by atoms with Gasteiger partial charge in [-0.3, -0.25) is 0 Å². The number of fused-ring (bicyclic) bond motifs is 10. The summed E-state index contributed by atoms with van der Waals surface area (Å²) in [6, 6.07) is 28.5. The molecule has 26 heavy (non-hydrogen) atoms.